The molecule has 0 atom stereocenters. The van der Waals surface area contributed by atoms with Crippen molar-refractivity contribution in [3.8, 4) is 0 Å². The molecule has 0 amide bonds. The van der Waals surface area contributed by atoms with Crippen LogP contribution in [0.3, 0.4) is 0 Å². The molecular formula is C15H24N2O2S2. The zero-order valence-electron chi connectivity index (χ0n) is 12.9. The van der Waals surface area contributed by atoms with Gasteiger partial charge in [0.25, 0.3) is 0 Å². The van der Waals surface area contributed by atoms with E-state index in [2.05, 4.69) is 19.2 Å². The molecular weight excluding hydrogens is 304 g/mol. The standard InChI is InChI=1S/C15H24N2O2S2/c1-15(2)8-9-17(10-11-20-15)21(18,19)14-7-5-4-6-13(14)12-16-3/h4-7,16H,8-12H2,1-3H3. The Bertz CT molecular complexity index is 585. The van der Waals surface area contributed by atoms with E-state index < -0.39 is 10.0 Å². The minimum absolute atomic E-state index is 0.148. The Balaban J connectivity index is 2.30. The van der Waals surface area contributed by atoms with E-state index in [-0.39, 0.29) is 4.75 Å². The lowest BCUT2D eigenvalue weighted by atomic mass is 10.1. The third kappa shape index (κ3) is 4.00. The predicted molar refractivity (Wildman–Crippen MR) is 89.1 cm³/mol. The summed E-state index contributed by atoms with van der Waals surface area (Å²) in [5.74, 6) is 0.848. The largest absolute Gasteiger partial charge is 0.316 e. The first-order valence-electron chi connectivity index (χ1n) is 7.23. The molecule has 0 radical (unpaired) electrons. The van der Waals surface area contributed by atoms with Crippen LogP contribution in [0.4, 0.5) is 0 Å². The predicted octanol–water partition coefficient (Wildman–Crippen LogP) is 2.31. The minimum atomic E-state index is -3.41. The molecule has 0 unspecified atom stereocenters. The highest BCUT2D eigenvalue weighted by Gasteiger charge is 2.31. The average molecular weight is 329 g/mol. The lowest BCUT2D eigenvalue weighted by Crippen LogP contribution is -2.34. The first-order chi connectivity index (χ1) is 9.87. The van der Waals surface area contributed by atoms with Gasteiger partial charge in [-0.3, -0.25) is 0 Å². The quantitative estimate of drug-likeness (QED) is 0.921. The van der Waals surface area contributed by atoms with Crippen LogP contribution in [0.1, 0.15) is 25.8 Å². The van der Waals surface area contributed by atoms with Gasteiger partial charge in [0.1, 0.15) is 0 Å². The number of sulfonamides is 1. The van der Waals surface area contributed by atoms with Gasteiger partial charge in [-0.1, -0.05) is 32.0 Å². The molecule has 1 saturated heterocycles. The topological polar surface area (TPSA) is 49.4 Å². The van der Waals surface area contributed by atoms with E-state index in [1.165, 1.54) is 0 Å². The molecule has 1 aliphatic heterocycles. The van der Waals surface area contributed by atoms with Crippen molar-refractivity contribution in [2.45, 2.75) is 36.5 Å². The number of rotatable bonds is 4. The van der Waals surface area contributed by atoms with E-state index in [1.807, 2.05) is 30.9 Å². The molecule has 6 heteroatoms. The van der Waals surface area contributed by atoms with Crippen LogP contribution in [0.15, 0.2) is 29.2 Å². The number of nitrogens with one attached hydrogen (secondary N) is 1. The van der Waals surface area contributed by atoms with E-state index in [9.17, 15) is 8.42 Å². The van der Waals surface area contributed by atoms with Crippen molar-refractivity contribution in [2.75, 3.05) is 25.9 Å². The summed E-state index contributed by atoms with van der Waals surface area (Å²) in [6, 6.07) is 7.26. The Hall–Kier alpha value is -0.560. The van der Waals surface area contributed by atoms with Crippen molar-refractivity contribution in [3.05, 3.63) is 29.8 Å². The summed E-state index contributed by atoms with van der Waals surface area (Å²) in [5, 5.41) is 3.04. The highest BCUT2D eigenvalue weighted by Crippen LogP contribution is 2.32. The molecule has 21 heavy (non-hydrogen) atoms. The van der Waals surface area contributed by atoms with Crippen LogP contribution in [-0.2, 0) is 16.6 Å². The summed E-state index contributed by atoms with van der Waals surface area (Å²) in [6.07, 6.45) is 0.880. The van der Waals surface area contributed by atoms with Gasteiger partial charge < -0.3 is 5.32 Å². The molecule has 1 aromatic rings. The Kier molecular flexibility index (Phi) is 5.35. The summed E-state index contributed by atoms with van der Waals surface area (Å²) < 4.78 is 27.7. The average Bonchev–Trinajstić information content (AvgIpc) is 2.61. The van der Waals surface area contributed by atoms with Crippen LogP contribution in [0, 0.1) is 0 Å². The smallest absolute Gasteiger partial charge is 0.243 e. The summed E-state index contributed by atoms with van der Waals surface area (Å²) in [7, 11) is -1.58. The molecule has 0 spiro atoms. The first-order valence-corrected chi connectivity index (χ1v) is 9.66. The maximum Gasteiger partial charge on any atom is 0.243 e. The molecule has 2 rings (SSSR count). The number of nitrogens with zero attached hydrogens (tertiary/aromatic N) is 1. The van der Waals surface area contributed by atoms with Crippen molar-refractivity contribution >= 4 is 21.8 Å². The van der Waals surface area contributed by atoms with Gasteiger partial charge in [-0.2, -0.15) is 16.1 Å². The highest BCUT2D eigenvalue weighted by atomic mass is 32.2. The normalized spacial score (nSPS) is 20.1. The van der Waals surface area contributed by atoms with Gasteiger partial charge in [0.15, 0.2) is 0 Å². The van der Waals surface area contributed by atoms with Gasteiger partial charge in [-0.05, 0) is 25.1 Å². The monoisotopic (exact) mass is 328 g/mol. The van der Waals surface area contributed by atoms with Crippen molar-refractivity contribution < 1.29 is 8.42 Å². The zero-order chi connectivity index (χ0) is 15.5. The van der Waals surface area contributed by atoms with Crippen LogP contribution < -0.4 is 5.32 Å². The van der Waals surface area contributed by atoms with Crippen LogP contribution in [0.25, 0.3) is 0 Å². The van der Waals surface area contributed by atoms with E-state index in [1.54, 1.807) is 16.4 Å². The third-order valence-electron chi connectivity index (χ3n) is 3.75. The molecule has 1 heterocycles. The van der Waals surface area contributed by atoms with E-state index in [4.69, 9.17) is 0 Å². The maximum atomic E-state index is 12.9. The fraction of sp³-hybridized carbons (Fsp3) is 0.600. The maximum absolute atomic E-state index is 12.9. The molecule has 1 aromatic carbocycles. The molecule has 0 aliphatic carbocycles. The number of benzene rings is 1. The third-order valence-corrected chi connectivity index (χ3v) is 7.13. The molecule has 1 N–H and O–H groups in total. The number of hydrogen-bond donors (Lipinski definition) is 1. The van der Waals surface area contributed by atoms with Crippen molar-refractivity contribution in [1.82, 2.24) is 9.62 Å². The van der Waals surface area contributed by atoms with Crippen molar-refractivity contribution in [1.29, 1.82) is 0 Å². The second-order valence-electron chi connectivity index (χ2n) is 5.90. The molecule has 118 valence electrons. The summed E-state index contributed by atoms with van der Waals surface area (Å²) in [6.45, 7) is 6.11. The van der Waals surface area contributed by atoms with Gasteiger partial charge >= 0.3 is 0 Å². The van der Waals surface area contributed by atoms with E-state index >= 15 is 0 Å². The van der Waals surface area contributed by atoms with Gasteiger partial charge in [0.2, 0.25) is 10.0 Å². The minimum Gasteiger partial charge on any atom is -0.316 e. The van der Waals surface area contributed by atoms with Gasteiger partial charge in [-0.15, -0.1) is 0 Å². The Morgan fingerprint density at radius 2 is 2.00 bits per heavy atom. The first kappa shape index (κ1) is 16.8. The summed E-state index contributed by atoms with van der Waals surface area (Å²) in [4.78, 5) is 0.434. The van der Waals surface area contributed by atoms with Crippen molar-refractivity contribution in [3.63, 3.8) is 0 Å². The van der Waals surface area contributed by atoms with Gasteiger partial charge in [0.05, 0.1) is 4.90 Å². The fourth-order valence-corrected chi connectivity index (χ4v) is 5.35. The van der Waals surface area contributed by atoms with Crippen LogP contribution in [-0.4, -0.2) is 43.4 Å². The SMILES string of the molecule is CNCc1ccccc1S(=O)(=O)N1CCSC(C)(C)CC1. The Morgan fingerprint density at radius 1 is 1.29 bits per heavy atom. The van der Waals surface area contributed by atoms with Crippen LogP contribution >= 0.6 is 11.8 Å². The lowest BCUT2D eigenvalue weighted by Gasteiger charge is -2.23. The second kappa shape index (κ2) is 6.69. The van der Waals surface area contributed by atoms with Gasteiger partial charge in [-0.25, -0.2) is 8.42 Å². The molecule has 1 fully saturated rings. The highest BCUT2D eigenvalue weighted by molar-refractivity contribution is 8.00. The molecule has 0 bridgehead atoms. The molecule has 0 aromatic heterocycles. The van der Waals surface area contributed by atoms with Crippen molar-refractivity contribution in [2.24, 2.45) is 0 Å². The molecule has 0 saturated carbocycles. The zero-order valence-corrected chi connectivity index (χ0v) is 14.6. The van der Waals surface area contributed by atoms with E-state index in [0.717, 1.165) is 17.7 Å². The summed E-state index contributed by atoms with van der Waals surface area (Å²) in [5.41, 5.74) is 0.830. The van der Waals surface area contributed by atoms with Gasteiger partial charge in [0, 0.05) is 30.1 Å². The number of thioether (sulfide) groups is 1. The van der Waals surface area contributed by atoms with Crippen LogP contribution in [0.2, 0.25) is 0 Å². The molecule has 1 aliphatic rings. The lowest BCUT2D eigenvalue weighted by molar-refractivity contribution is 0.414. The molecule has 4 nitrogen and oxygen atoms in total. The Morgan fingerprint density at radius 3 is 2.71 bits per heavy atom. The fourth-order valence-electron chi connectivity index (χ4n) is 2.47. The second-order valence-corrected chi connectivity index (χ2v) is 9.61. The summed E-state index contributed by atoms with van der Waals surface area (Å²) >= 11 is 1.85. The number of hydrogen-bond acceptors (Lipinski definition) is 4. The Labute approximate surface area is 132 Å². The van der Waals surface area contributed by atoms with E-state index in [0.29, 0.717) is 24.5 Å². The van der Waals surface area contributed by atoms with Crippen LogP contribution in [0.5, 0.6) is 0 Å².